The standard InChI is InChI=1S/C12H21NO4/c1-17-7-6-13-10(14)8-12(9-11(15)16)4-2-3-5-12/h2-9H2,1H3,(H,13,14)(H,15,16). The number of hydrogen-bond donors (Lipinski definition) is 2. The third-order valence-electron chi connectivity index (χ3n) is 3.35. The molecular formula is C12H21NO4. The van der Waals surface area contributed by atoms with Crippen LogP contribution < -0.4 is 5.32 Å². The van der Waals surface area contributed by atoms with Gasteiger partial charge in [-0.1, -0.05) is 12.8 Å². The quantitative estimate of drug-likeness (QED) is 0.658. The number of amides is 1. The Morgan fingerprint density at radius 2 is 1.94 bits per heavy atom. The second-order valence-electron chi connectivity index (χ2n) is 4.80. The van der Waals surface area contributed by atoms with Crippen LogP contribution in [0.1, 0.15) is 38.5 Å². The zero-order valence-electron chi connectivity index (χ0n) is 10.3. The SMILES string of the molecule is COCCNC(=O)CC1(CC(=O)O)CCCC1. The predicted octanol–water partition coefficient (Wildman–Crippen LogP) is 1.17. The Bertz CT molecular complexity index is 272. The van der Waals surface area contributed by atoms with Crippen molar-refractivity contribution in [1.29, 1.82) is 0 Å². The fourth-order valence-corrected chi connectivity index (χ4v) is 2.56. The van der Waals surface area contributed by atoms with E-state index >= 15 is 0 Å². The Hall–Kier alpha value is -1.10. The average molecular weight is 243 g/mol. The van der Waals surface area contributed by atoms with Crippen LogP contribution >= 0.6 is 0 Å². The molecule has 1 saturated carbocycles. The second-order valence-corrected chi connectivity index (χ2v) is 4.80. The van der Waals surface area contributed by atoms with Crippen molar-refractivity contribution in [2.45, 2.75) is 38.5 Å². The van der Waals surface area contributed by atoms with Gasteiger partial charge in [-0.3, -0.25) is 9.59 Å². The Morgan fingerprint density at radius 3 is 2.47 bits per heavy atom. The topological polar surface area (TPSA) is 75.6 Å². The van der Waals surface area contributed by atoms with Crippen LogP contribution in [0.2, 0.25) is 0 Å². The summed E-state index contributed by atoms with van der Waals surface area (Å²) in [6.45, 7) is 0.968. The van der Waals surface area contributed by atoms with Crippen LogP contribution in [0.15, 0.2) is 0 Å². The van der Waals surface area contributed by atoms with Crippen molar-refractivity contribution >= 4 is 11.9 Å². The number of carboxylic acid groups (broad SMARTS) is 1. The molecule has 0 heterocycles. The number of rotatable bonds is 7. The molecule has 0 atom stereocenters. The predicted molar refractivity (Wildman–Crippen MR) is 62.7 cm³/mol. The van der Waals surface area contributed by atoms with Gasteiger partial charge in [-0.25, -0.2) is 0 Å². The summed E-state index contributed by atoms with van der Waals surface area (Å²) in [6, 6.07) is 0. The highest BCUT2D eigenvalue weighted by Gasteiger charge is 2.37. The molecule has 1 fully saturated rings. The van der Waals surface area contributed by atoms with Gasteiger partial charge >= 0.3 is 5.97 Å². The monoisotopic (exact) mass is 243 g/mol. The van der Waals surface area contributed by atoms with Crippen LogP contribution in [-0.4, -0.2) is 37.2 Å². The molecule has 0 aromatic carbocycles. The Morgan fingerprint density at radius 1 is 1.29 bits per heavy atom. The van der Waals surface area contributed by atoms with E-state index in [9.17, 15) is 9.59 Å². The summed E-state index contributed by atoms with van der Waals surface area (Å²) >= 11 is 0. The molecule has 0 spiro atoms. The van der Waals surface area contributed by atoms with Crippen LogP contribution in [0, 0.1) is 5.41 Å². The van der Waals surface area contributed by atoms with Crippen molar-refractivity contribution in [3.63, 3.8) is 0 Å². The molecule has 0 radical (unpaired) electrons. The lowest BCUT2D eigenvalue weighted by Crippen LogP contribution is -2.33. The van der Waals surface area contributed by atoms with Crippen LogP contribution in [0.4, 0.5) is 0 Å². The smallest absolute Gasteiger partial charge is 0.303 e. The highest BCUT2D eigenvalue weighted by atomic mass is 16.5. The molecule has 5 heteroatoms. The second kappa shape index (κ2) is 6.59. The summed E-state index contributed by atoms with van der Waals surface area (Å²) in [7, 11) is 1.58. The first-order valence-electron chi connectivity index (χ1n) is 6.05. The van der Waals surface area contributed by atoms with E-state index in [4.69, 9.17) is 9.84 Å². The van der Waals surface area contributed by atoms with Gasteiger partial charge in [0.25, 0.3) is 0 Å². The highest BCUT2D eigenvalue weighted by Crippen LogP contribution is 2.43. The van der Waals surface area contributed by atoms with Crippen molar-refractivity contribution in [2.24, 2.45) is 5.41 Å². The first-order chi connectivity index (χ1) is 8.08. The maximum Gasteiger partial charge on any atom is 0.303 e. The fraction of sp³-hybridized carbons (Fsp3) is 0.833. The molecule has 1 aliphatic rings. The van der Waals surface area contributed by atoms with Crippen LogP contribution in [0.25, 0.3) is 0 Å². The zero-order valence-corrected chi connectivity index (χ0v) is 10.3. The number of carboxylic acids is 1. The van der Waals surface area contributed by atoms with E-state index in [1.54, 1.807) is 7.11 Å². The van der Waals surface area contributed by atoms with Gasteiger partial charge in [0.1, 0.15) is 0 Å². The van der Waals surface area contributed by atoms with Crippen molar-refractivity contribution < 1.29 is 19.4 Å². The number of carbonyl (C=O) groups excluding carboxylic acids is 1. The molecule has 5 nitrogen and oxygen atoms in total. The summed E-state index contributed by atoms with van der Waals surface area (Å²) in [5, 5.41) is 11.7. The molecule has 17 heavy (non-hydrogen) atoms. The lowest BCUT2D eigenvalue weighted by molar-refractivity contribution is -0.140. The molecule has 0 aromatic rings. The number of nitrogens with one attached hydrogen (secondary N) is 1. The van der Waals surface area contributed by atoms with Crippen molar-refractivity contribution in [3.8, 4) is 0 Å². The Balaban J connectivity index is 2.43. The molecule has 0 bridgehead atoms. The normalized spacial score (nSPS) is 17.9. The highest BCUT2D eigenvalue weighted by molar-refractivity contribution is 5.78. The summed E-state index contributed by atoms with van der Waals surface area (Å²) in [4.78, 5) is 22.6. The van der Waals surface area contributed by atoms with Gasteiger partial charge in [0, 0.05) is 20.1 Å². The summed E-state index contributed by atoms with van der Waals surface area (Å²) in [6.07, 6.45) is 4.17. The molecule has 0 saturated heterocycles. The van der Waals surface area contributed by atoms with E-state index in [0.29, 0.717) is 19.6 Å². The molecule has 0 aliphatic heterocycles. The van der Waals surface area contributed by atoms with Crippen molar-refractivity contribution in [2.75, 3.05) is 20.3 Å². The average Bonchev–Trinajstić information content (AvgIpc) is 2.65. The van der Waals surface area contributed by atoms with Gasteiger partial charge in [-0.15, -0.1) is 0 Å². The molecule has 98 valence electrons. The van der Waals surface area contributed by atoms with E-state index in [2.05, 4.69) is 5.32 Å². The summed E-state index contributed by atoms with van der Waals surface area (Å²) < 4.78 is 4.84. The zero-order chi connectivity index (χ0) is 12.7. The minimum absolute atomic E-state index is 0.0646. The Labute approximate surface area is 102 Å². The lowest BCUT2D eigenvalue weighted by atomic mass is 9.79. The van der Waals surface area contributed by atoms with E-state index in [1.807, 2.05) is 0 Å². The summed E-state index contributed by atoms with van der Waals surface area (Å²) in [5.41, 5.74) is -0.316. The van der Waals surface area contributed by atoms with Crippen molar-refractivity contribution in [3.05, 3.63) is 0 Å². The fourth-order valence-electron chi connectivity index (χ4n) is 2.56. The molecule has 2 N–H and O–H groups in total. The molecule has 0 aromatic heterocycles. The van der Waals surface area contributed by atoms with E-state index in [1.165, 1.54) is 0 Å². The Kier molecular flexibility index (Phi) is 5.41. The third kappa shape index (κ3) is 4.73. The lowest BCUT2D eigenvalue weighted by Gasteiger charge is -2.26. The molecule has 1 rings (SSSR count). The molecular weight excluding hydrogens is 222 g/mol. The van der Waals surface area contributed by atoms with Crippen molar-refractivity contribution in [1.82, 2.24) is 5.32 Å². The maximum absolute atomic E-state index is 11.7. The largest absolute Gasteiger partial charge is 0.481 e. The van der Waals surface area contributed by atoms with Crippen LogP contribution in [0.3, 0.4) is 0 Å². The molecule has 1 amide bonds. The van der Waals surface area contributed by atoms with Gasteiger partial charge in [0.05, 0.1) is 13.0 Å². The first-order valence-corrected chi connectivity index (χ1v) is 6.05. The van der Waals surface area contributed by atoms with Gasteiger partial charge < -0.3 is 15.2 Å². The number of ether oxygens (including phenoxy) is 1. The van der Waals surface area contributed by atoms with E-state index in [0.717, 1.165) is 25.7 Å². The first kappa shape index (κ1) is 14.0. The summed E-state index contributed by atoms with van der Waals surface area (Å²) in [5.74, 6) is -0.873. The van der Waals surface area contributed by atoms with Gasteiger partial charge in [0.2, 0.25) is 5.91 Å². The van der Waals surface area contributed by atoms with E-state index < -0.39 is 5.97 Å². The third-order valence-corrected chi connectivity index (χ3v) is 3.35. The molecule has 1 aliphatic carbocycles. The maximum atomic E-state index is 11.7. The number of methoxy groups -OCH3 is 1. The number of carbonyl (C=O) groups is 2. The minimum atomic E-state index is -0.809. The van der Waals surface area contributed by atoms with Gasteiger partial charge in [-0.05, 0) is 18.3 Å². The van der Waals surface area contributed by atoms with Crippen LogP contribution in [-0.2, 0) is 14.3 Å². The number of aliphatic carboxylic acids is 1. The minimum Gasteiger partial charge on any atom is -0.481 e. The molecule has 0 unspecified atom stereocenters. The van der Waals surface area contributed by atoms with Crippen LogP contribution in [0.5, 0.6) is 0 Å². The van der Waals surface area contributed by atoms with Gasteiger partial charge in [-0.2, -0.15) is 0 Å². The van der Waals surface area contributed by atoms with E-state index in [-0.39, 0.29) is 17.7 Å². The number of hydrogen-bond acceptors (Lipinski definition) is 3. The van der Waals surface area contributed by atoms with Gasteiger partial charge in [0.15, 0.2) is 0 Å².